The van der Waals surface area contributed by atoms with Gasteiger partial charge < -0.3 is 0 Å². The molecule has 3 nitrogen and oxygen atoms in total. The Hall–Kier alpha value is -2.03. The summed E-state index contributed by atoms with van der Waals surface area (Å²) in [6.45, 7) is 0. The number of carbonyl (C=O) groups excluding carboxylic acids is 1. The van der Waals surface area contributed by atoms with Crippen molar-refractivity contribution in [1.29, 1.82) is 0 Å². The normalized spacial score (nSPS) is 17.3. The second-order valence-electron chi connectivity index (χ2n) is 3.16. The summed E-state index contributed by atoms with van der Waals surface area (Å²) in [6, 6.07) is 1.88. The molecule has 0 saturated carbocycles. The summed E-state index contributed by atoms with van der Waals surface area (Å²) in [5.74, 6) is -0.0290. The maximum Gasteiger partial charge on any atom is 0.204 e. The monoisotopic (exact) mass is 182 g/mol. The second kappa shape index (κ2) is 2.48. The van der Waals surface area contributed by atoms with Crippen molar-refractivity contribution >= 4 is 22.8 Å². The number of aromatic nitrogens is 1. The summed E-state index contributed by atoms with van der Waals surface area (Å²) in [6.07, 6.45) is 8.58. The average molecular weight is 182 g/mol. The minimum absolute atomic E-state index is 0.0290. The molecule has 1 aliphatic carbocycles. The van der Waals surface area contributed by atoms with Gasteiger partial charge in [0.15, 0.2) is 0 Å². The summed E-state index contributed by atoms with van der Waals surface area (Å²) in [5.41, 5.74) is 3.23. The standard InChI is InChI=1S/C11H6N2O/c14-10-3-1-2-8-7-4-5-12-6-9(7)13-11(8)10/h1-6H. The van der Waals surface area contributed by atoms with Crippen LogP contribution in [-0.4, -0.2) is 16.5 Å². The average Bonchev–Trinajstić information content (AvgIpc) is 2.59. The first-order valence-corrected chi connectivity index (χ1v) is 4.32. The Morgan fingerprint density at radius 2 is 2.21 bits per heavy atom. The van der Waals surface area contributed by atoms with E-state index in [1.54, 1.807) is 18.5 Å². The Labute approximate surface area is 80.5 Å². The molecule has 2 aliphatic rings. The number of fused-ring (bicyclic) bond motifs is 3. The first kappa shape index (κ1) is 7.38. The maximum atomic E-state index is 11.5. The van der Waals surface area contributed by atoms with Crippen molar-refractivity contribution in [3.8, 4) is 0 Å². The Morgan fingerprint density at radius 1 is 1.29 bits per heavy atom. The Balaban J connectivity index is 2.29. The van der Waals surface area contributed by atoms with Crippen LogP contribution in [0.1, 0.15) is 5.56 Å². The lowest BCUT2D eigenvalue weighted by molar-refractivity contribution is -0.108. The Kier molecular flexibility index (Phi) is 1.31. The molecule has 3 rings (SSSR count). The van der Waals surface area contributed by atoms with Crippen molar-refractivity contribution in [2.75, 3.05) is 0 Å². The molecule has 0 fully saturated rings. The number of nitrogens with zero attached hydrogens (tertiary/aromatic N) is 2. The van der Waals surface area contributed by atoms with Gasteiger partial charge in [0.2, 0.25) is 5.78 Å². The summed E-state index contributed by atoms with van der Waals surface area (Å²) in [4.78, 5) is 19.7. The predicted octanol–water partition coefficient (Wildman–Crippen LogP) is 1.69. The van der Waals surface area contributed by atoms with Gasteiger partial charge in [-0.3, -0.25) is 9.78 Å². The van der Waals surface area contributed by atoms with E-state index in [1.807, 2.05) is 12.1 Å². The van der Waals surface area contributed by atoms with Crippen LogP contribution in [0.4, 0.5) is 5.69 Å². The first-order valence-electron chi connectivity index (χ1n) is 4.32. The van der Waals surface area contributed by atoms with Gasteiger partial charge in [-0.05, 0) is 12.1 Å². The molecule has 0 radical (unpaired) electrons. The highest BCUT2D eigenvalue weighted by Gasteiger charge is 2.25. The zero-order chi connectivity index (χ0) is 9.54. The number of pyridine rings is 1. The molecule has 0 aromatic carbocycles. The molecule has 3 heteroatoms. The minimum Gasteiger partial charge on any atom is -0.288 e. The summed E-state index contributed by atoms with van der Waals surface area (Å²) in [7, 11) is 0. The second-order valence-corrected chi connectivity index (χ2v) is 3.16. The maximum absolute atomic E-state index is 11.5. The van der Waals surface area contributed by atoms with E-state index in [4.69, 9.17) is 0 Å². The third-order valence-corrected chi connectivity index (χ3v) is 2.32. The summed E-state index contributed by atoms with van der Waals surface area (Å²) < 4.78 is 0. The van der Waals surface area contributed by atoms with E-state index in [9.17, 15) is 4.79 Å². The van der Waals surface area contributed by atoms with E-state index in [0.29, 0.717) is 5.71 Å². The fourth-order valence-corrected chi connectivity index (χ4v) is 1.68. The van der Waals surface area contributed by atoms with Crippen LogP contribution in [0.25, 0.3) is 5.57 Å². The van der Waals surface area contributed by atoms with Crippen LogP contribution in [0, 0.1) is 0 Å². The van der Waals surface area contributed by atoms with E-state index >= 15 is 0 Å². The van der Waals surface area contributed by atoms with Gasteiger partial charge in [-0.25, -0.2) is 4.99 Å². The molecule has 66 valence electrons. The van der Waals surface area contributed by atoms with Gasteiger partial charge in [-0.15, -0.1) is 0 Å². The molecule has 14 heavy (non-hydrogen) atoms. The molecule has 1 aliphatic heterocycles. The van der Waals surface area contributed by atoms with E-state index in [2.05, 4.69) is 9.98 Å². The largest absolute Gasteiger partial charge is 0.288 e. The number of rotatable bonds is 0. The molecular formula is C11H6N2O. The van der Waals surface area contributed by atoms with Crippen molar-refractivity contribution in [3.63, 3.8) is 0 Å². The number of aliphatic imine (C=N–C) groups is 1. The van der Waals surface area contributed by atoms with Gasteiger partial charge in [0.05, 0.1) is 11.9 Å². The lowest BCUT2D eigenvalue weighted by Crippen LogP contribution is -2.12. The van der Waals surface area contributed by atoms with Gasteiger partial charge in [-0.1, -0.05) is 12.2 Å². The van der Waals surface area contributed by atoms with Crippen molar-refractivity contribution in [2.45, 2.75) is 0 Å². The minimum atomic E-state index is -0.0290. The molecular weight excluding hydrogens is 176 g/mol. The predicted molar refractivity (Wildman–Crippen MR) is 53.5 cm³/mol. The van der Waals surface area contributed by atoms with Crippen molar-refractivity contribution in [3.05, 3.63) is 42.3 Å². The highest BCUT2D eigenvalue weighted by Crippen LogP contribution is 2.35. The molecule has 0 saturated heterocycles. The van der Waals surface area contributed by atoms with E-state index in [1.165, 1.54) is 6.08 Å². The topological polar surface area (TPSA) is 42.3 Å². The fraction of sp³-hybridized carbons (Fsp3) is 0. The number of hydrogen-bond donors (Lipinski definition) is 0. The van der Waals surface area contributed by atoms with Crippen LogP contribution >= 0.6 is 0 Å². The number of ketones is 1. The van der Waals surface area contributed by atoms with E-state index in [0.717, 1.165) is 16.8 Å². The Morgan fingerprint density at radius 3 is 3.14 bits per heavy atom. The molecule has 1 aromatic heterocycles. The molecule has 0 atom stereocenters. The van der Waals surface area contributed by atoms with Crippen LogP contribution in [0.2, 0.25) is 0 Å². The smallest absolute Gasteiger partial charge is 0.204 e. The van der Waals surface area contributed by atoms with Crippen LogP contribution < -0.4 is 0 Å². The lowest BCUT2D eigenvalue weighted by Gasteiger charge is -2.03. The zero-order valence-electron chi connectivity index (χ0n) is 7.27. The fourth-order valence-electron chi connectivity index (χ4n) is 1.68. The molecule has 2 heterocycles. The Bertz CT molecular complexity index is 524. The molecule has 1 aromatic rings. The van der Waals surface area contributed by atoms with Crippen molar-refractivity contribution in [2.24, 2.45) is 4.99 Å². The van der Waals surface area contributed by atoms with Gasteiger partial charge in [0, 0.05) is 17.3 Å². The van der Waals surface area contributed by atoms with Gasteiger partial charge >= 0.3 is 0 Å². The third kappa shape index (κ3) is 0.836. The SMILES string of the molecule is O=C1C=CC=C2C1=Nc1cnccc12. The first-order chi connectivity index (χ1) is 6.86. The highest BCUT2D eigenvalue weighted by atomic mass is 16.1. The number of hydrogen-bond acceptors (Lipinski definition) is 3. The third-order valence-electron chi connectivity index (χ3n) is 2.32. The van der Waals surface area contributed by atoms with Gasteiger partial charge in [0.1, 0.15) is 5.71 Å². The molecule has 0 N–H and O–H groups in total. The van der Waals surface area contributed by atoms with Gasteiger partial charge in [0.25, 0.3) is 0 Å². The highest BCUT2D eigenvalue weighted by molar-refractivity contribution is 6.62. The van der Waals surface area contributed by atoms with Crippen LogP contribution in [0.15, 0.2) is 41.7 Å². The summed E-state index contributed by atoms with van der Waals surface area (Å²) >= 11 is 0. The van der Waals surface area contributed by atoms with Gasteiger partial charge in [-0.2, -0.15) is 0 Å². The number of allylic oxidation sites excluding steroid dienone is 4. The van der Waals surface area contributed by atoms with E-state index in [-0.39, 0.29) is 5.78 Å². The molecule has 0 spiro atoms. The van der Waals surface area contributed by atoms with Crippen LogP contribution in [-0.2, 0) is 4.79 Å². The molecule has 0 unspecified atom stereocenters. The van der Waals surface area contributed by atoms with Crippen LogP contribution in [0.5, 0.6) is 0 Å². The molecule has 0 bridgehead atoms. The lowest BCUT2D eigenvalue weighted by atomic mass is 9.97. The van der Waals surface area contributed by atoms with Crippen LogP contribution in [0.3, 0.4) is 0 Å². The summed E-state index contributed by atoms with van der Waals surface area (Å²) in [5, 5.41) is 0. The molecule has 0 amide bonds. The zero-order valence-corrected chi connectivity index (χ0v) is 7.27. The van der Waals surface area contributed by atoms with E-state index < -0.39 is 0 Å². The number of carbonyl (C=O) groups is 1. The van der Waals surface area contributed by atoms with Crippen molar-refractivity contribution < 1.29 is 4.79 Å². The quantitative estimate of drug-likeness (QED) is 0.573. The van der Waals surface area contributed by atoms with Crippen molar-refractivity contribution in [1.82, 2.24) is 4.98 Å².